The number of nitrogens with two attached hydrogens (primary N) is 1. The fraction of sp³-hybridized carbons (Fsp3) is 0.636. The molecule has 0 unspecified atom stereocenters. The molecular weight excluding hydrogens is 240 g/mol. The van der Waals surface area contributed by atoms with Gasteiger partial charge in [-0.25, -0.2) is 9.97 Å². The summed E-state index contributed by atoms with van der Waals surface area (Å²) in [6.07, 6.45) is 3.79. The van der Waals surface area contributed by atoms with Gasteiger partial charge in [0.1, 0.15) is 12.0 Å². The summed E-state index contributed by atoms with van der Waals surface area (Å²) in [5.74, 6) is 0.736. The zero-order valence-electron chi connectivity index (χ0n) is 9.90. The summed E-state index contributed by atoms with van der Waals surface area (Å²) in [4.78, 5) is 10.2. The molecule has 0 bridgehead atoms. The molecule has 1 aliphatic rings. The Labute approximate surface area is 106 Å². The number of piperidine rings is 1. The fourth-order valence-corrected chi connectivity index (χ4v) is 2.22. The Morgan fingerprint density at radius 3 is 2.82 bits per heavy atom. The van der Waals surface area contributed by atoms with E-state index in [1.165, 1.54) is 6.33 Å². The van der Waals surface area contributed by atoms with E-state index in [2.05, 4.69) is 14.9 Å². The second kappa shape index (κ2) is 5.51. The summed E-state index contributed by atoms with van der Waals surface area (Å²) in [6.45, 7) is 4.57. The number of aromatic nitrogens is 2. The van der Waals surface area contributed by atoms with Crippen LogP contribution < -0.4 is 10.6 Å². The van der Waals surface area contributed by atoms with Gasteiger partial charge in [-0.15, -0.1) is 0 Å². The Bertz CT molecular complexity index is 380. The third-order valence-electron chi connectivity index (χ3n) is 2.96. The van der Waals surface area contributed by atoms with Gasteiger partial charge in [0.2, 0.25) is 0 Å². The SMILES string of the molecule is CCOC1CCN(c2ncnc(Cl)c2N)CC1. The lowest BCUT2D eigenvalue weighted by atomic mass is 10.1. The summed E-state index contributed by atoms with van der Waals surface area (Å²) in [6, 6.07) is 0. The maximum atomic E-state index is 5.88. The normalized spacial score (nSPS) is 17.4. The number of rotatable bonds is 3. The molecule has 1 aromatic rings. The van der Waals surface area contributed by atoms with E-state index in [9.17, 15) is 0 Å². The molecule has 0 radical (unpaired) electrons. The Hall–Kier alpha value is -1.07. The van der Waals surface area contributed by atoms with Gasteiger partial charge in [-0.2, -0.15) is 0 Å². The van der Waals surface area contributed by atoms with Gasteiger partial charge in [0.15, 0.2) is 11.0 Å². The Morgan fingerprint density at radius 2 is 2.18 bits per heavy atom. The van der Waals surface area contributed by atoms with Crippen molar-refractivity contribution in [3.05, 3.63) is 11.5 Å². The van der Waals surface area contributed by atoms with Crippen molar-refractivity contribution in [3.8, 4) is 0 Å². The van der Waals surface area contributed by atoms with E-state index < -0.39 is 0 Å². The second-order valence-electron chi connectivity index (χ2n) is 4.04. The first-order valence-corrected chi connectivity index (χ1v) is 6.22. The fourth-order valence-electron chi connectivity index (χ4n) is 2.09. The Kier molecular flexibility index (Phi) is 4.02. The lowest BCUT2D eigenvalue weighted by Crippen LogP contribution is -2.38. The molecule has 2 N–H and O–H groups in total. The lowest BCUT2D eigenvalue weighted by Gasteiger charge is -2.33. The van der Waals surface area contributed by atoms with Crippen molar-refractivity contribution in [3.63, 3.8) is 0 Å². The highest BCUT2D eigenvalue weighted by Gasteiger charge is 2.22. The first-order chi connectivity index (χ1) is 8.22. The van der Waals surface area contributed by atoms with Crippen molar-refractivity contribution in [2.24, 2.45) is 0 Å². The molecule has 0 aromatic carbocycles. The minimum atomic E-state index is 0.321. The number of nitrogen functional groups attached to an aromatic ring is 1. The van der Waals surface area contributed by atoms with Crippen LogP contribution in [0.5, 0.6) is 0 Å². The minimum Gasteiger partial charge on any atom is -0.393 e. The highest BCUT2D eigenvalue weighted by Crippen LogP contribution is 2.28. The monoisotopic (exact) mass is 256 g/mol. The van der Waals surface area contributed by atoms with Crippen LogP contribution in [0.3, 0.4) is 0 Å². The first kappa shape index (κ1) is 12.4. The molecule has 1 aliphatic heterocycles. The summed E-state index contributed by atoms with van der Waals surface area (Å²) < 4.78 is 5.60. The molecular formula is C11H17ClN4O. The quantitative estimate of drug-likeness (QED) is 0.835. The van der Waals surface area contributed by atoms with Crippen molar-refractivity contribution in [1.29, 1.82) is 0 Å². The van der Waals surface area contributed by atoms with Crippen LogP contribution in [0.25, 0.3) is 0 Å². The molecule has 2 rings (SSSR count). The highest BCUT2D eigenvalue weighted by molar-refractivity contribution is 6.32. The summed E-state index contributed by atoms with van der Waals surface area (Å²) in [5, 5.41) is 0.321. The molecule has 6 heteroatoms. The molecule has 5 nitrogen and oxygen atoms in total. The van der Waals surface area contributed by atoms with Gasteiger partial charge in [0.05, 0.1) is 6.10 Å². The van der Waals surface area contributed by atoms with Crippen molar-refractivity contribution in [2.45, 2.75) is 25.9 Å². The van der Waals surface area contributed by atoms with Crippen molar-refractivity contribution >= 4 is 23.1 Å². The maximum Gasteiger partial charge on any atom is 0.157 e. The van der Waals surface area contributed by atoms with Crippen LogP contribution >= 0.6 is 11.6 Å². The number of hydrogen-bond acceptors (Lipinski definition) is 5. The van der Waals surface area contributed by atoms with Crippen LogP contribution in [0.1, 0.15) is 19.8 Å². The molecule has 0 atom stereocenters. The molecule has 17 heavy (non-hydrogen) atoms. The zero-order chi connectivity index (χ0) is 12.3. The Balaban J connectivity index is 2.03. The number of halogens is 1. The minimum absolute atomic E-state index is 0.321. The number of ether oxygens (including phenoxy) is 1. The largest absolute Gasteiger partial charge is 0.393 e. The molecule has 0 spiro atoms. The Morgan fingerprint density at radius 1 is 1.47 bits per heavy atom. The van der Waals surface area contributed by atoms with Crippen LogP contribution in [0.4, 0.5) is 11.5 Å². The summed E-state index contributed by atoms with van der Waals surface area (Å²) in [7, 11) is 0. The van der Waals surface area contributed by atoms with Crippen molar-refractivity contribution < 1.29 is 4.74 Å². The molecule has 0 saturated carbocycles. The number of nitrogens with zero attached hydrogens (tertiary/aromatic N) is 3. The second-order valence-corrected chi connectivity index (χ2v) is 4.40. The van der Waals surface area contributed by atoms with Gasteiger partial charge in [0, 0.05) is 19.7 Å². The highest BCUT2D eigenvalue weighted by atomic mass is 35.5. The van der Waals surface area contributed by atoms with Crippen LogP contribution in [0.2, 0.25) is 5.15 Å². The predicted octanol–water partition coefficient (Wildman–Crippen LogP) is 1.72. The number of anilines is 2. The topological polar surface area (TPSA) is 64.3 Å². The molecule has 2 heterocycles. The van der Waals surface area contributed by atoms with E-state index in [0.29, 0.717) is 16.9 Å². The molecule has 1 aromatic heterocycles. The van der Waals surface area contributed by atoms with E-state index in [1.54, 1.807) is 0 Å². The average Bonchev–Trinajstić information content (AvgIpc) is 2.34. The average molecular weight is 257 g/mol. The van der Waals surface area contributed by atoms with Crippen LogP contribution in [0.15, 0.2) is 6.33 Å². The van der Waals surface area contributed by atoms with E-state index in [-0.39, 0.29) is 0 Å². The number of hydrogen-bond donors (Lipinski definition) is 1. The van der Waals surface area contributed by atoms with Crippen LogP contribution in [-0.4, -0.2) is 35.8 Å². The van der Waals surface area contributed by atoms with Gasteiger partial charge < -0.3 is 15.4 Å². The lowest BCUT2D eigenvalue weighted by molar-refractivity contribution is 0.0458. The van der Waals surface area contributed by atoms with Gasteiger partial charge in [-0.3, -0.25) is 0 Å². The third kappa shape index (κ3) is 2.79. The molecule has 0 aliphatic carbocycles. The standard InChI is InChI=1S/C11H17ClN4O/c1-2-17-8-3-5-16(6-4-8)11-9(13)10(12)14-7-15-11/h7-8H,2-6,13H2,1H3. The predicted molar refractivity (Wildman–Crippen MR) is 68.3 cm³/mol. The smallest absolute Gasteiger partial charge is 0.157 e. The van der Waals surface area contributed by atoms with Crippen LogP contribution in [-0.2, 0) is 4.74 Å². The van der Waals surface area contributed by atoms with E-state index in [1.807, 2.05) is 6.92 Å². The van der Waals surface area contributed by atoms with E-state index in [0.717, 1.165) is 38.4 Å². The third-order valence-corrected chi connectivity index (χ3v) is 3.26. The van der Waals surface area contributed by atoms with Gasteiger partial charge in [0.25, 0.3) is 0 Å². The zero-order valence-corrected chi connectivity index (χ0v) is 10.7. The van der Waals surface area contributed by atoms with Gasteiger partial charge in [-0.1, -0.05) is 11.6 Å². The molecule has 1 saturated heterocycles. The van der Waals surface area contributed by atoms with Crippen molar-refractivity contribution in [2.75, 3.05) is 30.3 Å². The van der Waals surface area contributed by atoms with E-state index >= 15 is 0 Å². The van der Waals surface area contributed by atoms with Crippen molar-refractivity contribution in [1.82, 2.24) is 9.97 Å². The van der Waals surface area contributed by atoms with Crippen LogP contribution in [0, 0.1) is 0 Å². The summed E-state index contributed by atoms with van der Waals surface area (Å²) >= 11 is 5.88. The maximum absolute atomic E-state index is 5.88. The van der Waals surface area contributed by atoms with Gasteiger partial charge >= 0.3 is 0 Å². The molecule has 1 fully saturated rings. The van der Waals surface area contributed by atoms with Gasteiger partial charge in [-0.05, 0) is 19.8 Å². The first-order valence-electron chi connectivity index (χ1n) is 5.85. The molecule has 0 amide bonds. The molecule has 94 valence electrons. The van der Waals surface area contributed by atoms with E-state index in [4.69, 9.17) is 22.1 Å². The summed E-state index contributed by atoms with van der Waals surface area (Å²) in [5.41, 5.74) is 6.34.